The molecule has 2 aliphatic rings. The Morgan fingerprint density at radius 1 is 1.45 bits per heavy atom. The van der Waals surface area contributed by atoms with Gasteiger partial charge in [0.2, 0.25) is 5.91 Å². The molecule has 1 saturated heterocycles. The molecule has 3 N–H and O–H groups in total. The predicted molar refractivity (Wildman–Crippen MR) is 81.5 cm³/mol. The average Bonchev–Trinajstić information content (AvgIpc) is 3.03. The number of likely N-dealkylation sites (tertiary alicyclic amines) is 1. The molecule has 2 fully saturated rings. The highest BCUT2D eigenvalue weighted by Gasteiger charge is 2.46. The maximum atomic E-state index is 11.8. The third kappa shape index (κ3) is 3.00. The predicted octanol–water partition coefficient (Wildman–Crippen LogP) is 0.256. The number of hydrogen-bond acceptors (Lipinski definition) is 4. The maximum Gasteiger partial charge on any atom is 0.238 e. The Bertz CT molecular complexity index is 347. The smallest absolute Gasteiger partial charge is 0.238 e. The van der Waals surface area contributed by atoms with Gasteiger partial charge in [-0.15, -0.1) is 0 Å². The first-order valence-electron chi connectivity index (χ1n) is 7.87. The molecule has 0 radical (unpaired) electrons. The van der Waals surface area contributed by atoms with Crippen molar-refractivity contribution < 1.29 is 4.79 Å². The Morgan fingerprint density at radius 2 is 2.20 bits per heavy atom. The number of rotatable bonds is 6. The van der Waals surface area contributed by atoms with Crippen molar-refractivity contribution in [1.82, 2.24) is 15.1 Å². The summed E-state index contributed by atoms with van der Waals surface area (Å²) in [5.41, 5.74) is 5.20. The molecule has 0 aromatic carbocycles. The van der Waals surface area contributed by atoms with E-state index in [1.54, 1.807) is 0 Å². The fourth-order valence-corrected chi connectivity index (χ4v) is 4.02. The number of hydrogen-bond donors (Lipinski definition) is 2. The van der Waals surface area contributed by atoms with Crippen molar-refractivity contribution >= 4 is 5.91 Å². The number of nitrogens with zero attached hydrogens (tertiary/aromatic N) is 2. The van der Waals surface area contributed by atoms with E-state index in [2.05, 4.69) is 29.2 Å². The summed E-state index contributed by atoms with van der Waals surface area (Å²) < 4.78 is 0. The molecule has 0 aromatic rings. The highest BCUT2D eigenvalue weighted by atomic mass is 16.1. The lowest BCUT2D eigenvalue weighted by atomic mass is 9.84. The average molecular weight is 282 g/mol. The van der Waals surface area contributed by atoms with Gasteiger partial charge < -0.3 is 20.9 Å². The molecule has 0 spiro atoms. The van der Waals surface area contributed by atoms with Crippen molar-refractivity contribution in [1.29, 1.82) is 0 Å². The molecule has 1 aliphatic heterocycles. The van der Waals surface area contributed by atoms with Crippen LogP contribution >= 0.6 is 0 Å². The summed E-state index contributed by atoms with van der Waals surface area (Å²) in [7, 11) is 6.19. The van der Waals surface area contributed by atoms with Crippen molar-refractivity contribution in [3.8, 4) is 0 Å². The van der Waals surface area contributed by atoms with Crippen LogP contribution in [0.25, 0.3) is 0 Å². The van der Waals surface area contributed by atoms with E-state index in [9.17, 15) is 4.79 Å². The van der Waals surface area contributed by atoms with E-state index in [1.165, 1.54) is 13.0 Å². The number of nitrogens with one attached hydrogen (secondary N) is 1. The van der Waals surface area contributed by atoms with Crippen LogP contribution in [-0.4, -0.2) is 68.1 Å². The summed E-state index contributed by atoms with van der Waals surface area (Å²) in [5.74, 6) is 0.221. The Morgan fingerprint density at radius 3 is 2.75 bits per heavy atom. The van der Waals surface area contributed by atoms with E-state index in [4.69, 9.17) is 5.73 Å². The quantitative estimate of drug-likeness (QED) is 0.733. The molecule has 0 bridgehead atoms. The van der Waals surface area contributed by atoms with Crippen LogP contribution in [0.2, 0.25) is 0 Å². The summed E-state index contributed by atoms with van der Waals surface area (Å²) in [6.45, 7) is 3.42. The zero-order valence-corrected chi connectivity index (χ0v) is 13.2. The first-order chi connectivity index (χ1) is 9.49. The van der Waals surface area contributed by atoms with E-state index in [-0.39, 0.29) is 5.91 Å². The summed E-state index contributed by atoms with van der Waals surface area (Å²) >= 11 is 0. The first kappa shape index (κ1) is 15.7. The molecule has 0 aromatic heterocycles. The van der Waals surface area contributed by atoms with Crippen molar-refractivity contribution in [2.24, 2.45) is 11.7 Å². The van der Waals surface area contributed by atoms with Gasteiger partial charge in [0.1, 0.15) is 5.54 Å². The largest absolute Gasteiger partial charge is 0.368 e. The molecule has 2 rings (SSSR count). The molecular formula is C15H30N4O. The van der Waals surface area contributed by atoms with Gasteiger partial charge in [0.15, 0.2) is 0 Å². The zero-order valence-electron chi connectivity index (χ0n) is 13.2. The van der Waals surface area contributed by atoms with Crippen molar-refractivity contribution in [3.05, 3.63) is 0 Å². The molecule has 1 saturated carbocycles. The molecule has 1 heterocycles. The minimum atomic E-state index is -0.458. The fourth-order valence-electron chi connectivity index (χ4n) is 4.02. The molecule has 1 amide bonds. The van der Waals surface area contributed by atoms with Crippen LogP contribution in [-0.2, 0) is 4.79 Å². The minimum Gasteiger partial charge on any atom is -0.368 e. The van der Waals surface area contributed by atoms with Gasteiger partial charge in [0, 0.05) is 12.6 Å². The highest BCUT2D eigenvalue weighted by molar-refractivity contribution is 5.85. The molecule has 5 nitrogen and oxygen atoms in total. The van der Waals surface area contributed by atoms with E-state index < -0.39 is 5.54 Å². The van der Waals surface area contributed by atoms with Crippen LogP contribution in [0.1, 0.15) is 32.1 Å². The van der Waals surface area contributed by atoms with Crippen LogP contribution in [0.4, 0.5) is 0 Å². The molecule has 3 unspecified atom stereocenters. The van der Waals surface area contributed by atoms with Gasteiger partial charge in [0.25, 0.3) is 0 Å². The molecule has 116 valence electrons. The van der Waals surface area contributed by atoms with Crippen molar-refractivity contribution in [3.63, 3.8) is 0 Å². The van der Waals surface area contributed by atoms with Gasteiger partial charge in [-0.1, -0.05) is 6.42 Å². The maximum absolute atomic E-state index is 11.8. The van der Waals surface area contributed by atoms with E-state index in [0.717, 1.165) is 38.8 Å². The third-order valence-corrected chi connectivity index (χ3v) is 5.48. The van der Waals surface area contributed by atoms with E-state index in [1.807, 2.05) is 7.05 Å². The van der Waals surface area contributed by atoms with Crippen LogP contribution < -0.4 is 11.1 Å². The topological polar surface area (TPSA) is 61.6 Å². The van der Waals surface area contributed by atoms with Crippen LogP contribution in [0.3, 0.4) is 0 Å². The lowest BCUT2D eigenvalue weighted by molar-refractivity contribution is -0.125. The van der Waals surface area contributed by atoms with Crippen LogP contribution in [0, 0.1) is 5.92 Å². The first-order valence-corrected chi connectivity index (χ1v) is 7.87. The van der Waals surface area contributed by atoms with Gasteiger partial charge in [0.05, 0.1) is 0 Å². The fraction of sp³-hybridized carbons (Fsp3) is 0.933. The van der Waals surface area contributed by atoms with Gasteiger partial charge in [-0.2, -0.15) is 0 Å². The monoisotopic (exact) mass is 282 g/mol. The number of carbonyl (C=O) groups excluding carboxylic acids is 1. The lowest BCUT2D eigenvalue weighted by Gasteiger charge is -2.33. The Hall–Kier alpha value is -0.650. The summed E-state index contributed by atoms with van der Waals surface area (Å²) in [4.78, 5) is 16.7. The second-order valence-corrected chi connectivity index (χ2v) is 6.67. The summed E-state index contributed by atoms with van der Waals surface area (Å²) in [6, 6.07) is 0.684. The van der Waals surface area contributed by atoms with Gasteiger partial charge in [-0.25, -0.2) is 0 Å². The van der Waals surface area contributed by atoms with Crippen LogP contribution in [0.15, 0.2) is 0 Å². The SMILES string of the molecule is CNC1(C(N)=O)CCCC1CCN1CCC(N(C)C)C1. The molecule has 20 heavy (non-hydrogen) atoms. The Kier molecular flexibility index (Phi) is 5.04. The summed E-state index contributed by atoms with van der Waals surface area (Å²) in [5, 5.41) is 3.23. The standard InChI is InChI=1S/C15H30N4O/c1-17-15(14(16)20)8-4-5-12(15)6-9-19-10-7-13(11-19)18(2)3/h12-13,17H,4-11H2,1-3H3,(H2,16,20). The van der Waals surface area contributed by atoms with Gasteiger partial charge >= 0.3 is 0 Å². The number of likely N-dealkylation sites (N-methyl/N-ethyl adjacent to an activating group) is 2. The van der Waals surface area contributed by atoms with Crippen LogP contribution in [0.5, 0.6) is 0 Å². The van der Waals surface area contributed by atoms with Gasteiger partial charge in [-0.05, 0) is 65.8 Å². The Labute approximate surface area is 122 Å². The summed E-state index contributed by atoms with van der Waals surface area (Å²) in [6.07, 6.45) is 5.45. The number of primary amides is 1. The second kappa shape index (κ2) is 6.41. The number of amides is 1. The van der Waals surface area contributed by atoms with Gasteiger partial charge in [-0.3, -0.25) is 4.79 Å². The normalized spacial score (nSPS) is 35.0. The second-order valence-electron chi connectivity index (χ2n) is 6.67. The zero-order chi connectivity index (χ0) is 14.8. The molecule has 3 atom stereocenters. The molecule has 1 aliphatic carbocycles. The van der Waals surface area contributed by atoms with E-state index >= 15 is 0 Å². The lowest BCUT2D eigenvalue weighted by Crippen LogP contribution is -2.56. The molecular weight excluding hydrogens is 252 g/mol. The minimum absolute atomic E-state index is 0.171. The van der Waals surface area contributed by atoms with Crippen molar-refractivity contribution in [2.45, 2.75) is 43.7 Å². The van der Waals surface area contributed by atoms with E-state index in [0.29, 0.717) is 12.0 Å². The Balaban J connectivity index is 1.86. The number of carbonyl (C=O) groups is 1. The van der Waals surface area contributed by atoms with Crippen molar-refractivity contribution in [2.75, 3.05) is 40.8 Å². The third-order valence-electron chi connectivity index (χ3n) is 5.48. The highest BCUT2D eigenvalue weighted by Crippen LogP contribution is 2.37. The molecule has 5 heteroatoms. The number of nitrogens with two attached hydrogens (primary N) is 1.